The lowest BCUT2D eigenvalue weighted by atomic mass is 9.95. The number of aliphatic hydroxyl groups is 1. The first-order valence-electron chi connectivity index (χ1n) is 6.83. The van der Waals surface area contributed by atoms with E-state index in [2.05, 4.69) is 12.1 Å². The highest BCUT2D eigenvalue weighted by molar-refractivity contribution is 7.30. The van der Waals surface area contributed by atoms with Gasteiger partial charge in [-0.05, 0) is 16.9 Å². The number of aliphatic hydroxyl groups excluding tert-OH is 1. The second kappa shape index (κ2) is 5.00. The van der Waals surface area contributed by atoms with Crippen LogP contribution in [0.3, 0.4) is 0 Å². The van der Waals surface area contributed by atoms with E-state index in [1.54, 1.807) is 0 Å². The van der Waals surface area contributed by atoms with Crippen LogP contribution >= 0.6 is 8.19 Å². The molecule has 0 aliphatic carbocycles. The fourth-order valence-corrected chi connectivity index (χ4v) is 3.58. The molecule has 2 nitrogen and oxygen atoms in total. The number of fused-ring (bicyclic) bond motifs is 3. The van der Waals surface area contributed by atoms with Gasteiger partial charge in [0, 0.05) is 11.1 Å². The quantitative estimate of drug-likeness (QED) is 0.685. The largest absolute Gasteiger partial charge is 0.459 e. The van der Waals surface area contributed by atoms with E-state index >= 15 is 0 Å². The molecule has 0 radical (unpaired) electrons. The highest BCUT2D eigenvalue weighted by Gasteiger charge is 2.26. The third kappa shape index (κ3) is 2.04. The molecule has 1 aromatic heterocycles. The zero-order chi connectivity index (χ0) is 14.2. The average Bonchev–Trinajstić information content (AvgIpc) is 2.56. The number of rotatable bonds is 1. The minimum atomic E-state index is -0.875. The van der Waals surface area contributed by atoms with Crippen molar-refractivity contribution in [2.24, 2.45) is 0 Å². The van der Waals surface area contributed by atoms with E-state index in [4.69, 9.17) is 4.74 Å². The van der Waals surface area contributed by atoms with Crippen LogP contribution in [0.25, 0.3) is 22.3 Å². The van der Waals surface area contributed by atoms with Crippen molar-refractivity contribution in [1.29, 1.82) is 0 Å². The molecular weight excluding hydrogens is 279 g/mol. The number of para-hydroxylation sites is 1. The molecule has 3 aromatic rings. The summed E-state index contributed by atoms with van der Waals surface area (Å²) >= 11 is 0. The van der Waals surface area contributed by atoms with Gasteiger partial charge in [0.1, 0.15) is 5.75 Å². The molecule has 0 saturated carbocycles. The summed E-state index contributed by atoms with van der Waals surface area (Å²) in [5, 5.41) is 11.2. The van der Waals surface area contributed by atoms with Gasteiger partial charge < -0.3 is 9.84 Å². The molecule has 1 unspecified atom stereocenters. The molecule has 0 fully saturated rings. The summed E-state index contributed by atoms with van der Waals surface area (Å²) in [5.41, 5.74) is 4.23. The summed E-state index contributed by atoms with van der Waals surface area (Å²) in [5.74, 6) is 2.77. The van der Waals surface area contributed by atoms with Crippen molar-refractivity contribution in [3.05, 3.63) is 71.8 Å². The number of hydrogen-bond donors (Lipinski definition) is 1. The normalized spacial score (nSPS) is 16.1. The molecule has 0 bridgehead atoms. The molecular formula is C18H13O2P. The van der Waals surface area contributed by atoms with Crippen LogP contribution in [0.15, 0.2) is 66.5 Å². The van der Waals surface area contributed by atoms with E-state index in [0.717, 1.165) is 41.5 Å². The van der Waals surface area contributed by atoms with Gasteiger partial charge in [-0.3, -0.25) is 0 Å². The Morgan fingerprint density at radius 3 is 2.43 bits per heavy atom. The Morgan fingerprint density at radius 2 is 1.57 bits per heavy atom. The van der Waals surface area contributed by atoms with E-state index in [1.165, 1.54) is 0 Å². The molecule has 0 amide bonds. The Balaban J connectivity index is 1.97. The van der Waals surface area contributed by atoms with Crippen molar-refractivity contribution in [3.8, 4) is 28.0 Å². The molecule has 1 aliphatic rings. The van der Waals surface area contributed by atoms with Crippen molar-refractivity contribution in [3.63, 3.8) is 0 Å². The predicted octanol–water partition coefficient (Wildman–Crippen LogP) is 4.98. The standard InChI is InChI=1S/C18H13O2P/c19-18-17-15(10-5-11-21-17)14-9-4-8-13(16(14)20-18)12-6-2-1-3-7-12/h1-11,18-19H. The van der Waals surface area contributed by atoms with E-state index in [9.17, 15) is 5.11 Å². The second-order valence-electron chi connectivity index (χ2n) is 4.95. The highest BCUT2D eigenvalue weighted by atomic mass is 31.0. The van der Waals surface area contributed by atoms with Crippen LogP contribution in [-0.2, 0) is 0 Å². The van der Waals surface area contributed by atoms with Crippen LogP contribution in [-0.4, -0.2) is 5.11 Å². The van der Waals surface area contributed by atoms with Gasteiger partial charge in [0.15, 0.2) is 0 Å². The number of benzene rings is 2. The monoisotopic (exact) mass is 292 g/mol. The summed E-state index contributed by atoms with van der Waals surface area (Å²) in [4.78, 5) is 0. The lowest BCUT2D eigenvalue weighted by Gasteiger charge is -2.26. The van der Waals surface area contributed by atoms with Gasteiger partial charge in [-0.15, -0.1) is 0 Å². The van der Waals surface area contributed by atoms with E-state index in [1.807, 2.05) is 54.3 Å². The van der Waals surface area contributed by atoms with Crippen molar-refractivity contribution < 1.29 is 9.84 Å². The Morgan fingerprint density at radius 1 is 0.810 bits per heavy atom. The van der Waals surface area contributed by atoms with Gasteiger partial charge in [0.25, 0.3) is 0 Å². The minimum Gasteiger partial charge on any atom is -0.459 e. The maximum Gasteiger partial charge on any atom is 0.229 e. The lowest BCUT2D eigenvalue weighted by Crippen LogP contribution is -2.12. The molecule has 1 aliphatic heterocycles. The summed E-state index contributed by atoms with van der Waals surface area (Å²) in [6, 6.07) is 20.3. The predicted molar refractivity (Wildman–Crippen MR) is 85.4 cm³/mol. The SMILES string of the molecule is OC1Oc2c(-c3ccccc3)cccc2-c2cccpc21. The van der Waals surface area contributed by atoms with Crippen LogP contribution in [0.2, 0.25) is 0 Å². The summed E-state index contributed by atoms with van der Waals surface area (Å²) < 4.78 is 5.82. The highest BCUT2D eigenvalue weighted by Crippen LogP contribution is 2.48. The Kier molecular flexibility index (Phi) is 2.99. The molecule has 2 heterocycles. The molecule has 102 valence electrons. The Bertz CT molecular complexity index is 785. The first kappa shape index (κ1) is 12.6. The van der Waals surface area contributed by atoms with Crippen LogP contribution in [0, 0.1) is 0 Å². The molecule has 3 heteroatoms. The van der Waals surface area contributed by atoms with E-state index in [-0.39, 0.29) is 0 Å². The lowest BCUT2D eigenvalue weighted by molar-refractivity contribution is -0.0178. The smallest absolute Gasteiger partial charge is 0.229 e. The van der Waals surface area contributed by atoms with Gasteiger partial charge in [0.05, 0.1) is 5.30 Å². The van der Waals surface area contributed by atoms with Crippen molar-refractivity contribution >= 4 is 8.19 Å². The minimum absolute atomic E-state index is 0.761. The molecule has 4 rings (SSSR count). The zero-order valence-corrected chi connectivity index (χ0v) is 12.1. The average molecular weight is 292 g/mol. The fourth-order valence-electron chi connectivity index (χ4n) is 2.73. The third-order valence-corrected chi connectivity index (χ3v) is 4.75. The third-order valence-electron chi connectivity index (χ3n) is 3.69. The summed E-state index contributed by atoms with van der Waals surface area (Å²) in [6.07, 6.45) is -0.875. The van der Waals surface area contributed by atoms with Gasteiger partial charge in [-0.2, -0.15) is 0 Å². The first-order chi connectivity index (χ1) is 10.3. The van der Waals surface area contributed by atoms with Crippen LogP contribution in [0.5, 0.6) is 5.75 Å². The topological polar surface area (TPSA) is 29.5 Å². The zero-order valence-electron chi connectivity index (χ0n) is 11.2. The van der Waals surface area contributed by atoms with Gasteiger partial charge >= 0.3 is 0 Å². The molecule has 21 heavy (non-hydrogen) atoms. The summed E-state index contributed by atoms with van der Waals surface area (Å²) in [7, 11) is 0.997. The van der Waals surface area contributed by atoms with Crippen LogP contribution in [0.4, 0.5) is 0 Å². The fraction of sp³-hybridized carbons (Fsp3) is 0.0556. The molecule has 0 spiro atoms. The van der Waals surface area contributed by atoms with E-state index < -0.39 is 6.29 Å². The maximum absolute atomic E-state index is 10.3. The molecule has 1 atom stereocenters. The van der Waals surface area contributed by atoms with Gasteiger partial charge in [-0.1, -0.05) is 68.9 Å². The van der Waals surface area contributed by atoms with E-state index in [0.29, 0.717) is 0 Å². The maximum atomic E-state index is 10.3. The van der Waals surface area contributed by atoms with Crippen molar-refractivity contribution in [1.82, 2.24) is 0 Å². The van der Waals surface area contributed by atoms with Crippen LogP contribution < -0.4 is 4.74 Å². The number of ether oxygens (including phenoxy) is 1. The molecule has 2 aromatic carbocycles. The van der Waals surface area contributed by atoms with Gasteiger partial charge in [-0.25, -0.2) is 0 Å². The Hall–Kier alpha value is -2.15. The molecule has 0 saturated heterocycles. The van der Waals surface area contributed by atoms with Crippen molar-refractivity contribution in [2.45, 2.75) is 6.29 Å². The first-order valence-corrected chi connectivity index (χ1v) is 7.79. The second-order valence-corrected chi connectivity index (χ2v) is 5.99. The number of hydrogen-bond acceptors (Lipinski definition) is 2. The summed E-state index contributed by atoms with van der Waals surface area (Å²) in [6.45, 7) is 0. The van der Waals surface area contributed by atoms with Crippen LogP contribution in [0.1, 0.15) is 11.6 Å². The van der Waals surface area contributed by atoms with Crippen molar-refractivity contribution in [2.75, 3.05) is 0 Å². The van der Waals surface area contributed by atoms with Gasteiger partial charge in [0.2, 0.25) is 6.29 Å². The Labute approximate surface area is 124 Å². The molecule has 1 N–H and O–H groups in total.